The molecule has 216 valence electrons. The van der Waals surface area contributed by atoms with Crippen LogP contribution in [0.15, 0.2) is 54.9 Å². The van der Waals surface area contributed by atoms with E-state index in [0.717, 1.165) is 0 Å². The van der Waals surface area contributed by atoms with Gasteiger partial charge in [-0.3, -0.25) is 4.98 Å². The molecule has 2 heterocycles. The van der Waals surface area contributed by atoms with Gasteiger partial charge in [0, 0.05) is 56.3 Å². The minimum Gasteiger partial charge on any atom is -0.491 e. The van der Waals surface area contributed by atoms with E-state index >= 15 is 0 Å². The van der Waals surface area contributed by atoms with Gasteiger partial charge in [0.15, 0.2) is 0 Å². The normalized spacial score (nSPS) is 11.6. The second kappa shape index (κ2) is 14.1. The smallest absolute Gasteiger partial charge is 0.423 e. The van der Waals surface area contributed by atoms with Gasteiger partial charge in [-0.1, -0.05) is 17.7 Å². The Labute approximate surface area is 232 Å². The summed E-state index contributed by atoms with van der Waals surface area (Å²) in [6.45, 7) is 0.108. The quantitative estimate of drug-likeness (QED) is 0.274. The number of methoxy groups -OCH3 is 1. The maximum Gasteiger partial charge on any atom is 0.423 e. The van der Waals surface area contributed by atoms with Crippen LogP contribution in [0.4, 0.5) is 18.0 Å². The van der Waals surface area contributed by atoms with Gasteiger partial charge >= 0.3 is 22.6 Å². The predicted octanol–water partition coefficient (Wildman–Crippen LogP) is 4.27. The summed E-state index contributed by atoms with van der Waals surface area (Å²) in [4.78, 5) is 19.9. The summed E-state index contributed by atoms with van der Waals surface area (Å²) in [5.41, 5.74) is -0.158. The molecule has 0 aliphatic rings. The number of benzene rings is 1. The fourth-order valence-corrected chi connectivity index (χ4v) is 3.92. The minimum atomic E-state index is -4.66. The lowest BCUT2D eigenvalue weighted by molar-refractivity contribution is -0.137. The molecule has 2 aromatic heterocycles. The molecular formula is C24H24ClF3N4O7S. The van der Waals surface area contributed by atoms with Gasteiger partial charge in [-0.2, -0.15) is 26.3 Å². The number of halogens is 4. The topological polar surface area (TPSA) is 138 Å². The number of hydrogen-bond donors (Lipinski definition) is 2. The monoisotopic (exact) mass is 604 g/mol. The molecule has 3 rings (SSSR count). The lowest BCUT2D eigenvalue weighted by Gasteiger charge is -2.15. The summed E-state index contributed by atoms with van der Waals surface area (Å²) < 4.78 is 85.8. The van der Waals surface area contributed by atoms with Crippen molar-refractivity contribution in [1.82, 2.24) is 20.0 Å². The molecule has 3 aromatic rings. The molecule has 0 fully saturated rings. The lowest BCUT2D eigenvalue weighted by atomic mass is 10.2. The Morgan fingerprint density at radius 2 is 1.90 bits per heavy atom. The van der Waals surface area contributed by atoms with Gasteiger partial charge < -0.3 is 23.7 Å². The van der Waals surface area contributed by atoms with Gasteiger partial charge in [-0.05, 0) is 30.3 Å². The SMILES string of the molecule is COCCOc1ccc(CNC(=O)OS(=O)(=O)NCCc2ccccn2)c(Oc2ncc(C(F)(F)F)cc2Cl)c1. The number of nitrogens with zero attached hydrogens (tertiary/aromatic N) is 2. The number of amides is 1. The molecule has 0 unspecified atom stereocenters. The van der Waals surface area contributed by atoms with Gasteiger partial charge in [0.05, 0.1) is 12.2 Å². The molecule has 0 spiro atoms. The number of carbonyl (C=O) groups excluding carboxylic acids is 1. The molecular weight excluding hydrogens is 581 g/mol. The highest BCUT2D eigenvalue weighted by Crippen LogP contribution is 2.36. The molecule has 0 radical (unpaired) electrons. The predicted molar refractivity (Wildman–Crippen MR) is 136 cm³/mol. The van der Waals surface area contributed by atoms with Crippen molar-refractivity contribution >= 4 is 28.0 Å². The Morgan fingerprint density at radius 3 is 2.58 bits per heavy atom. The van der Waals surface area contributed by atoms with Gasteiger partial charge in [-0.15, -0.1) is 0 Å². The van der Waals surface area contributed by atoms with Crippen LogP contribution >= 0.6 is 11.6 Å². The van der Waals surface area contributed by atoms with E-state index in [1.165, 1.54) is 25.3 Å². The van der Waals surface area contributed by atoms with Crippen molar-refractivity contribution in [1.29, 1.82) is 0 Å². The fraction of sp³-hybridized carbons (Fsp3) is 0.292. The van der Waals surface area contributed by atoms with E-state index in [4.69, 9.17) is 25.8 Å². The van der Waals surface area contributed by atoms with Crippen molar-refractivity contribution in [3.63, 3.8) is 0 Å². The largest absolute Gasteiger partial charge is 0.491 e. The zero-order valence-electron chi connectivity index (χ0n) is 20.9. The van der Waals surface area contributed by atoms with E-state index in [1.807, 2.05) is 0 Å². The van der Waals surface area contributed by atoms with Crippen LogP contribution in [-0.4, -0.2) is 51.3 Å². The number of rotatable bonds is 13. The van der Waals surface area contributed by atoms with Crippen LogP contribution in [0.25, 0.3) is 0 Å². The second-order valence-electron chi connectivity index (χ2n) is 7.87. The third-order valence-electron chi connectivity index (χ3n) is 4.93. The number of hydrogen-bond acceptors (Lipinski definition) is 9. The number of aromatic nitrogens is 2. The van der Waals surface area contributed by atoms with Crippen LogP contribution in [0.3, 0.4) is 0 Å². The van der Waals surface area contributed by atoms with Crippen molar-refractivity contribution in [2.45, 2.75) is 19.1 Å². The van der Waals surface area contributed by atoms with Gasteiger partial charge in [-0.25, -0.2) is 9.78 Å². The van der Waals surface area contributed by atoms with E-state index in [-0.39, 0.29) is 49.9 Å². The summed E-state index contributed by atoms with van der Waals surface area (Å²) in [5, 5.41) is 1.85. The third-order valence-corrected chi connectivity index (χ3v) is 6.13. The maximum atomic E-state index is 13.0. The second-order valence-corrected chi connectivity index (χ2v) is 9.64. The van der Waals surface area contributed by atoms with Crippen LogP contribution in [0, 0.1) is 0 Å². The zero-order chi connectivity index (χ0) is 29.2. The summed E-state index contributed by atoms with van der Waals surface area (Å²) >= 11 is 5.96. The molecule has 0 aliphatic heterocycles. The van der Waals surface area contributed by atoms with Gasteiger partial charge in [0.25, 0.3) is 0 Å². The molecule has 1 amide bonds. The summed E-state index contributed by atoms with van der Waals surface area (Å²) in [7, 11) is -2.94. The maximum absolute atomic E-state index is 13.0. The molecule has 1 aromatic carbocycles. The third kappa shape index (κ3) is 9.82. The van der Waals surface area contributed by atoms with E-state index in [2.05, 4.69) is 24.2 Å². The molecule has 0 atom stereocenters. The zero-order valence-corrected chi connectivity index (χ0v) is 22.5. The molecule has 0 saturated heterocycles. The first kappa shape index (κ1) is 30.9. The van der Waals surface area contributed by atoms with Gasteiger partial charge in [0.1, 0.15) is 23.1 Å². The number of carbonyl (C=O) groups is 1. The Bertz CT molecular complexity index is 1400. The molecule has 0 saturated carbocycles. The number of pyridine rings is 2. The van der Waals surface area contributed by atoms with Crippen molar-refractivity contribution in [3.8, 4) is 17.4 Å². The van der Waals surface area contributed by atoms with E-state index in [1.54, 1.807) is 24.4 Å². The summed E-state index contributed by atoms with van der Waals surface area (Å²) in [5.74, 6) is -0.0194. The molecule has 2 N–H and O–H groups in total. The Kier molecular flexibility index (Phi) is 10.9. The standard InChI is InChI=1S/C24H24ClF3N4O7S/c1-36-10-11-37-19-6-5-16(21(13-19)38-22-20(25)12-17(15-30-22)24(26,27)28)14-31-23(33)39-40(34,35)32-9-7-18-4-2-3-8-29-18/h2-6,8,12-13,15,32H,7,9-11,14H2,1H3,(H,31,33). The molecule has 0 bridgehead atoms. The molecule has 16 heteroatoms. The van der Waals surface area contributed by atoms with Crippen molar-refractivity contribution in [2.75, 3.05) is 26.9 Å². The Hall–Kier alpha value is -3.66. The molecule has 0 aliphatic carbocycles. The minimum absolute atomic E-state index is 0.0146. The van der Waals surface area contributed by atoms with E-state index in [9.17, 15) is 26.4 Å². The average Bonchev–Trinajstić information content (AvgIpc) is 2.89. The first-order valence-electron chi connectivity index (χ1n) is 11.5. The van der Waals surface area contributed by atoms with E-state index < -0.39 is 33.2 Å². The van der Waals surface area contributed by atoms with Crippen LogP contribution in [0.2, 0.25) is 5.02 Å². The van der Waals surface area contributed by atoms with Crippen LogP contribution < -0.4 is 19.5 Å². The summed E-state index contributed by atoms with van der Waals surface area (Å²) in [6.07, 6.45) is -3.56. The Balaban J connectivity index is 1.67. The summed E-state index contributed by atoms with van der Waals surface area (Å²) in [6, 6.07) is 10.2. The highest BCUT2D eigenvalue weighted by Gasteiger charge is 2.32. The van der Waals surface area contributed by atoms with Crippen LogP contribution in [0.1, 0.15) is 16.8 Å². The first-order chi connectivity index (χ1) is 19.0. The number of ether oxygens (including phenoxy) is 3. The number of nitrogens with one attached hydrogen (secondary N) is 2. The average molecular weight is 605 g/mol. The van der Waals surface area contributed by atoms with E-state index in [0.29, 0.717) is 23.7 Å². The lowest BCUT2D eigenvalue weighted by Crippen LogP contribution is -2.34. The fourth-order valence-electron chi connectivity index (χ4n) is 3.04. The van der Waals surface area contributed by atoms with Crippen LogP contribution in [0.5, 0.6) is 17.4 Å². The Morgan fingerprint density at radius 1 is 1.10 bits per heavy atom. The van der Waals surface area contributed by atoms with Crippen molar-refractivity contribution < 1.29 is 44.8 Å². The highest BCUT2D eigenvalue weighted by atomic mass is 35.5. The number of alkyl halides is 3. The molecule has 11 nitrogen and oxygen atoms in total. The molecule has 40 heavy (non-hydrogen) atoms. The first-order valence-corrected chi connectivity index (χ1v) is 13.3. The van der Waals surface area contributed by atoms with Crippen LogP contribution in [-0.2, 0) is 38.4 Å². The van der Waals surface area contributed by atoms with Crippen molar-refractivity contribution in [2.24, 2.45) is 0 Å². The highest BCUT2D eigenvalue weighted by molar-refractivity contribution is 7.85. The van der Waals surface area contributed by atoms with Crippen molar-refractivity contribution in [3.05, 3.63) is 76.7 Å². The van der Waals surface area contributed by atoms with Gasteiger partial charge in [0.2, 0.25) is 5.88 Å².